The summed E-state index contributed by atoms with van der Waals surface area (Å²) in [5.74, 6) is -1.10. The minimum absolute atomic E-state index is 0.00878. The molecule has 0 fully saturated rings. The van der Waals surface area contributed by atoms with Gasteiger partial charge in [-0.2, -0.15) is 10.2 Å². The van der Waals surface area contributed by atoms with Gasteiger partial charge in [0.25, 0.3) is 0 Å². The summed E-state index contributed by atoms with van der Waals surface area (Å²) < 4.78 is 1.34. The zero-order valence-electron chi connectivity index (χ0n) is 10.7. The summed E-state index contributed by atoms with van der Waals surface area (Å²) in [4.78, 5) is 15.2. The molecule has 1 aromatic carbocycles. The topological polar surface area (TPSA) is 117 Å². The van der Waals surface area contributed by atoms with Crippen molar-refractivity contribution in [2.75, 3.05) is 5.73 Å². The van der Waals surface area contributed by atoms with Crippen molar-refractivity contribution in [2.24, 2.45) is 0 Å². The van der Waals surface area contributed by atoms with Crippen molar-refractivity contribution in [2.45, 2.75) is 0 Å². The van der Waals surface area contributed by atoms with Crippen LogP contribution in [0.15, 0.2) is 36.5 Å². The molecule has 3 N–H and O–H groups in total. The Kier molecular flexibility index (Phi) is 2.77. The predicted octanol–water partition coefficient (Wildman–Crippen LogP) is 1.55. The smallest absolute Gasteiger partial charge is 0.339 e. The fraction of sp³-hybridized carbons (Fsp3) is 0. The summed E-state index contributed by atoms with van der Waals surface area (Å²) >= 11 is 0. The summed E-state index contributed by atoms with van der Waals surface area (Å²) in [6, 6.07) is 10.3. The normalized spacial score (nSPS) is 10.4. The van der Waals surface area contributed by atoms with Crippen LogP contribution in [0, 0.1) is 11.3 Å². The first-order valence-corrected chi connectivity index (χ1v) is 5.98. The third kappa shape index (κ3) is 2.15. The van der Waals surface area contributed by atoms with E-state index in [9.17, 15) is 9.90 Å². The van der Waals surface area contributed by atoms with Crippen molar-refractivity contribution in [1.29, 1.82) is 5.26 Å². The monoisotopic (exact) mass is 279 g/mol. The van der Waals surface area contributed by atoms with E-state index in [0.717, 1.165) is 5.56 Å². The molecule has 0 spiro atoms. The summed E-state index contributed by atoms with van der Waals surface area (Å²) in [6.45, 7) is 0. The Morgan fingerprint density at radius 1 is 1.29 bits per heavy atom. The molecule has 7 heteroatoms. The number of carboxylic acids is 1. The molecule has 21 heavy (non-hydrogen) atoms. The first-order valence-electron chi connectivity index (χ1n) is 5.98. The van der Waals surface area contributed by atoms with Crippen LogP contribution in [0.3, 0.4) is 0 Å². The third-order valence-corrected chi connectivity index (χ3v) is 3.03. The van der Waals surface area contributed by atoms with Crippen LogP contribution in [0.5, 0.6) is 0 Å². The number of fused-ring (bicyclic) bond motifs is 1. The number of nitrogen functional groups attached to an aromatic ring is 1. The van der Waals surface area contributed by atoms with E-state index in [1.165, 1.54) is 10.6 Å². The number of rotatable bonds is 2. The molecule has 0 amide bonds. The number of carboxylic acid groups (broad SMARTS) is 1. The molecule has 2 heterocycles. The highest BCUT2D eigenvalue weighted by atomic mass is 16.4. The second-order valence-corrected chi connectivity index (χ2v) is 4.37. The molecule has 0 atom stereocenters. The van der Waals surface area contributed by atoms with Gasteiger partial charge >= 0.3 is 5.97 Å². The first-order chi connectivity index (χ1) is 10.1. The van der Waals surface area contributed by atoms with Crippen LogP contribution in [-0.2, 0) is 0 Å². The minimum Gasteiger partial charge on any atom is -0.478 e. The van der Waals surface area contributed by atoms with Crippen LogP contribution >= 0.6 is 0 Å². The van der Waals surface area contributed by atoms with Crippen LogP contribution in [-0.4, -0.2) is 25.7 Å². The number of pyridine rings is 1. The quantitative estimate of drug-likeness (QED) is 0.734. The Morgan fingerprint density at radius 2 is 2.00 bits per heavy atom. The molecule has 2 aromatic heterocycles. The molecule has 7 nitrogen and oxygen atoms in total. The molecule has 0 aliphatic rings. The zero-order chi connectivity index (χ0) is 15.0. The van der Waals surface area contributed by atoms with Gasteiger partial charge in [0.05, 0.1) is 11.6 Å². The maximum atomic E-state index is 11.3. The maximum Gasteiger partial charge on any atom is 0.339 e. The van der Waals surface area contributed by atoms with E-state index in [4.69, 9.17) is 11.0 Å². The van der Waals surface area contributed by atoms with Gasteiger partial charge in [0.2, 0.25) is 5.95 Å². The molecule has 3 aromatic rings. The molecular weight excluding hydrogens is 270 g/mol. The molecule has 0 aliphatic heterocycles. The highest BCUT2D eigenvalue weighted by molar-refractivity contribution is 5.96. The number of aromatic carboxylic acids is 1. The number of nitriles is 1. The van der Waals surface area contributed by atoms with E-state index >= 15 is 0 Å². The molecule has 0 saturated heterocycles. The highest BCUT2D eigenvalue weighted by Crippen LogP contribution is 2.23. The van der Waals surface area contributed by atoms with Crippen LogP contribution in [0.25, 0.3) is 16.8 Å². The number of nitrogens with zero attached hydrogens (tertiary/aromatic N) is 4. The van der Waals surface area contributed by atoms with Crippen molar-refractivity contribution in [3.63, 3.8) is 0 Å². The van der Waals surface area contributed by atoms with E-state index in [2.05, 4.69) is 10.1 Å². The van der Waals surface area contributed by atoms with Gasteiger partial charge in [-0.1, -0.05) is 12.1 Å². The first kappa shape index (κ1) is 12.6. The molecule has 102 valence electrons. The second kappa shape index (κ2) is 4.61. The Labute approximate surface area is 118 Å². The molecule has 0 unspecified atom stereocenters. The number of anilines is 1. The van der Waals surface area contributed by atoms with Crippen LogP contribution in [0.1, 0.15) is 15.9 Å². The van der Waals surface area contributed by atoms with Crippen molar-refractivity contribution in [3.05, 3.63) is 47.7 Å². The maximum absolute atomic E-state index is 11.3. The number of hydrogen-bond donors (Lipinski definition) is 2. The zero-order valence-corrected chi connectivity index (χ0v) is 10.7. The number of nitrogens with two attached hydrogens (primary N) is 1. The Hall–Kier alpha value is -3.40. The summed E-state index contributed by atoms with van der Waals surface area (Å²) in [5.41, 5.74) is 7.67. The van der Waals surface area contributed by atoms with Gasteiger partial charge in [-0.3, -0.25) is 0 Å². The number of benzene rings is 1. The number of hydrogen-bond acceptors (Lipinski definition) is 5. The molecule has 0 radical (unpaired) electrons. The lowest BCUT2D eigenvalue weighted by Gasteiger charge is -2.05. The van der Waals surface area contributed by atoms with Gasteiger partial charge in [0.15, 0.2) is 5.65 Å². The van der Waals surface area contributed by atoms with E-state index in [1.54, 1.807) is 30.5 Å². The van der Waals surface area contributed by atoms with Gasteiger partial charge in [0.1, 0.15) is 5.56 Å². The summed E-state index contributed by atoms with van der Waals surface area (Å²) in [5, 5.41) is 22.0. The van der Waals surface area contributed by atoms with E-state index in [1.807, 2.05) is 6.07 Å². The second-order valence-electron chi connectivity index (χ2n) is 4.37. The van der Waals surface area contributed by atoms with Gasteiger partial charge in [-0.15, -0.1) is 5.10 Å². The van der Waals surface area contributed by atoms with Crippen molar-refractivity contribution in [1.82, 2.24) is 14.6 Å². The fourth-order valence-electron chi connectivity index (χ4n) is 2.06. The molecule has 0 bridgehead atoms. The molecule has 0 aliphatic carbocycles. The van der Waals surface area contributed by atoms with Gasteiger partial charge in [-0.25, -0.2) is 9.31 Å². The van der Waals surface area contributed by atoms with Crippen molar-refractivity contribution >= 4 is 17.6 Å². The van der Waals surface area contributed by atoms with E-state index < -0.39 is 5.97 Å². The fourth-order valence-corrected chi connectivity index (χ4v) is 2.06. The van der Waals surface area contributed by atoms with Crippen LogP contribution in [0.2, 0.25) is 0 Å². The Balaban J connectivity index is 2.22. The van der Waals surface area contributed by atoms with E-state index in [0.29, 0.717) is 11.1 Å². The van der Waals surface area contributed by atoms with Crippen molar-refractivity contribution < 1.29 is 9.90 Å². The van der Waals surface area contributed by atoms with Gasteiger partial charge < -0.3 is 10.8 Å². The summed E-state index contributed by atoms with van der Waals surface area (Å²) in [6.07, 6.45) is 1.65. The van der Waals surface area contributed by atoms with Crippen molar-refractivity contribution in [3.8, 4) is 17.2 Å². The van der Waals surface area contributed by atoms with Gasteiger partial charge in [-0.05, 0) is 23.8 Å². The molecule has 0 saturated carbocycles. The number of carbonyl (C=O) groups is 1. The lowest BCUT2D eigenvalue weighted by atomic mass is 10.0. The average molecular weight is 279 g/mol. The average Bonchev–Trinajstić information content (AvgIpc) is 2.86. The van der Waals surface area contributed by atoms with Gasteiger partial charge in [0, 0.05) is 11.8 Å². The molecule has 3 rings (SSSR count). The minimum atomic E-state index is -1.11. The molecular formula is C14H9N5O2. The largest absolute Gasteiger partial charge is 0.478 e. The predicted molar refractivity (Wildman–Crippen MR) is 74.5 cm³/mol. The lowest BCUT2D eigenvalue weighted by molar-refractivity contribution is 0.0698. The number of aromatic nitrogens is 3. The summed E-state index contributed by atoms with van der Waals surface area (Å²) in [7, 11) is 0. The Morgan fingerprint density at radius 3 is 2.62 bits per heavy atom. The SMILES string of the molecule is N#Cc1ccc(-c2cc(C(=O)O)c3nc(N)nn3c2)cc1. The van der Waals surface area contributed by atoms with E-state index in [-0.39, 0.29) is 17.2 Å². The van der Waals surface area contributed by atoms with Crippen LogP contribution < -0.4 is 5.73 Å². The lowest BCUT2D eigenvalue weighted by Crippen LogP contribution is -2.02. The Bertz CT molecular complexity index is 890. The third-order valence-electron chi connectivity index (χ3n) is 3.03. The van der Waals surface area contributed by atoms with Crippen LogP contribution in [0.4, 0.5) is 5.95 Å². The highest BCUT2D eigenvalue weighted by Gasteiger charge is 2.15. The standard InChI is InChI=1S/C14H9N5O2/c15-6-8-1-3-9(4-2-8)10-5-11(13(20)21)12-17-14(16)18-19(12)7-10/h1-5,7H,(H2,16,18)(H,20,21).